The van der Waals surface area contributed by atoms with Gasteiger partial charge in [0.05, 0.1) is 6.54 Å². The van der Waals surface area contributed by atoms with Crippen molar-refractivity contribution in [1.82, 2.24) is 9.80 Å². The van der Waals surface area contributed by atoms with E-state index in [1.165, 1.54) is 4.88 Å². The second-order valence-corrected chi connectivity index (χ2v) is 7.05. The van der Waals surface area contributed by atoms with Crippen molar-refractivity contribution >= 4 is 23.2 Å². The number of benzene rings is 1. The highest BCUT2D eigenvalue weighted by Crippen LogP contribution is 2.17. The molecular weight excluding hydrogens is 320 g/mol. The van der Waals surface area contributed by atoms with Gasteiger partial charge >= 0.3 is 0 Å². The summed E-state index contributed by atoms with van der Waals surface area (Å²) >= 11 is 1.67. The third kappa shape index (κ3) is 3.85. The average Bonchev–Trinajstić information content (AvgIpc) is 3.25. The quantitative estimate of drug-likeness (QED) is 0.806. The van der Waals surface area contributed by atoms with Gasteiger partial charge in [-0.3, -0.25) is 9.59 Å². The number of rotatable bonds is 6. The number of carbonyl (C=O) groups excluding carboxylic acids is 2. The Bertz CT molecular complexity index is 695. The lowest BCUT2D eigenvalue weighted by atomic mass is 10.1. The Morgan fingerprint density at radius 2 is 2.04 bits per heavy atom. The van der Waals surface area contributed by atoms with Gasteiger partial charge in [0.1, 0.15) is 0 Å². The van der Waals surface area contributed by atoms with Gasteiger partial charge in [0.2, 0.25) is 5.91 Å². The van der Waals surface area contributed by atoms with Gasteiger partial charge in [0, 0.05) is 36.5 Å². The summed E-state index contributed by atoms with van der Waals surface area (Å²) in [5.74, 6) is 0.276. The molecule has 0 unspecified atom stereocenters. The molecule has 1 aliphatic heterocycles. The van der Waals surface area contributed by atoms with Crippen molar-refractivity contribution in [3.63, 3.8) is 0 Å². The molecular formula is C19H22N2O2S. The fourth-order valence-corrected chi connectivity index (χ4v) is 3.66. The van der Waals surface area contributed by atoms with Crippen LogP contribution >= 0.6 is 11.3 Å². The van der Waals surface area contributed by atoms with Crippen LogP contribution in [-0.2, 0) is 17.9 Å². The summed E-state index contributed by atoms with van der Waals surface area (Å²) in [4.78, 5) is 29.3. The molecule has 1 aromatic carbocycles. The van der Waals surface area contributed by atoms with E-state index in [0.717, 1.165) is 18.5 Å². The molecule has 4 nitrogen and oxygen atoms in total. The molecule has 0 bridgehead atoms. The minimum absolute atomic E-state index is 0.0506. The minimum Gasteiger partial charge on any atom is -0.338 e. The van der Waals surface area contributed by atoms with E-state index >= 15 is 0 Å². The first-order valence-corrected chi connectivity index (χ1v) is 9.23. The lowest BCUT2D eigenvalue weighted by molar-refractivity contribution is -0.128. The third-order valence-corrected chi connectivity index (χ3v) is 5.20. The highest BCUT2D eigenvalue weighted by atomic mass is 32.1. The number of likely N-dealkylation sites (tertiary alicyclic amines) is 1. The lowest BCUT2D eigenvalue weighted by Crippen LogP contribution is -2.30. The third-order valence-electron chi connectivity index (χ3n) is 4.34. The van der Waals surface area contributed by atoms with Crippen LogP contribution in [0.15, 0.2) is 41.8 Å². The van der Waals surface area contributed by atoms with E-state index in [1.54, 1.807) is 11.3 Å². The summed E-state index contributed by atoms with van der Waals surface area (Å²) in [6.45, 7) is 4.81. The molecule has 1 fully saturated rings. The standard InChI is InChI=1S/C19H22N2O2S/c1-2-20(14-17-5-4-12-24-17)19(23)16-9-7-15(8-10-16)13-21-11-3-6-18(21)22/h4-5,7-10,12H,2-3,6,11,13-14H2,1H3. The molecule has 1 aliphatic rings. The van der Waals surface area contributed by atoms with Crippen LogP contribution in [0.4, 0.5) is 0 Å². The van der Waals surface area contributed by atoms with Crippen LogP contribution in [0.1, 0.15) is 40.6 Å². The minimum atomic E-state index is 0.0506. The molecule has 24 heavy (non-hydrogen) atoms. The van der Waals surface area contributed by atoms with E-state index in [9.17, 15) is 9.59 Å². The number of hydrogen-bond acceptors (Lipinski definition) is 3. The highest BCUT2D eigenvalue weighted by molar-refractivity contribution is 7.09. The highest BCUT2D eigenvalue weighted by Gasteiger charge is 2.20. The Morgan fingerprint density at radius 3 is 2.62 bits per heavy atom. The number of carbonyl (C=O) groups is 2. The molecule has 1 saturated heterocycles. The zero-order valence-electron chi connectivity index (χ0n) is 13.9. The first kappa shape index (κ1) is 16.7. The number of amides is 2. The smallest absolute Gasteiger partial charge is 0.254 e. The van der Waals surface area contributed by atoms with Crippen LogP contribution < -0.4 is 0 Å². The molecule has 2 amide bonds. The predicted molar refractivity (Wildman–Crippen MR) is 95.8 cm³/mol. The molecule has 0 N–H and O–H groups in total. The van der Waals surface area contributed by atoms with Crippen LogP contribution in [0.25, 0.3) is 0 Å². The second-order valence-electron chi connectivity index (χ2n) is 6.01. The Kier molecular flexibility index (Phi) is 5.30. The number of thiophene rings is 1. The van der Waals surface area contributed by atoms with E-state index in [2.05, 4.69) is 6.07 Å². The van der Waals surface area contributed by atoms with Crippen LogP contribution in [0.5, 0.6) is 0 Å². The summed E-state index contributed by atoms with van der Waals surface area (Å²) in [5, 5.41) is 2.03. The number of nitrogens with zero attached hydrogens (tertiary/aromatic N) is 2. The zero-order valence-corrected chi connectivity index (χ0v) is 14.7. The van der Waals surface area contributed by atoms with Gasteiger partial charge in [0.25, 0.3) is 5.91 Å². The van der Waals surface area contributed by atoms with Gasteiger partial charge in [0.15, 0.2) is 0 Å². The van der Waals surface area contributed by atoms with Gasteiger partial charge in [-0.15, -0.1) is 11.3 Å². The van der Waals surface area contributed by atoms with Crippen molar-refractivity contribution < 1.29 is 9.59 Å². The van der Waals surface area contributed by atoms with Crippen molar-refractivity contribution in [3.8, 4) is 0 Å². The Morgan fingerprint density at radius 1 is 1.25 bits per heavy atom. The molecule has 3 rings (SSSR count). The summed E-state index contributed by atoms with van der Waals surface area (Å²) in [6, 6.07) is 11.7. The molecule has 0 radical (unpaired) electrons. The Labute approximate surface area is 146 Å². The van der Waals surface area contributed by atoms with Crippen molar-refractivity contribution in [3.05, 3.63) is 57.8 Å². The molecule has 2 aromatic rings. The van der Waals surface area contributed by atoms with Crippen molar-refractivity contribution in [2.24, 2.45) is 0 Å². The van der Waals surface area contributed by atoms with E-state index < -0.39 is 0 Å². The fraction of sp³-hybridized carbons (Fsp3) is 0.368. The maximum absolute atomic E-state index is 12.7. The lowest BCUT2D eigenvalue weighted by Gasteiger charge is -2.20. The molecule has 0 spiro atoms. The molecule has 1 aromatic heterocycles. The Balaban J connectivity index is 1.65. The maximum atomic E-state index is 12.7. The van der Waals surface area contributed by atoms with Gasteiger partial charge in [-0.25, -0.2) is 0 Å². The normalized spacial score (nSPS) is 14.2. The molecule has 2 heterocycles. The van der Waals surface area contributed by atoms with E-state index in [-0.39, 0.29) is 11.8 Å². The van der Waals surface area contributed by atoms with Crippen molar-refractivity contribution in [2.45, 2.75) is 32.9 Å². The first-order chi connectivity index (χ1) is 11.7. The van der Waals surface area contributed by atoms with E-state index in [4.69, 9.17) is 0 Å². The van der Waals surface area contributed by atoms with Gasteiger partial charge in [-0.2, -0.15) is 0 Å². The topological polar surface area (TPSA) is 40.6 Å². The van der Waals surface area contributed by atoms with E-state index in [1.807, 2.05) is 52.4 Å². The van der Waals surface area contributed by atoms with Crippen molar-refractivity contribution in [2.75, 3.05) is 13.1 Å². The fourth-order valence-electron chi connectivity index (χ4n) is 2.94. The van der Waals surface area contributed by atoms with E-state index in [0.29, 0.717) is 31.6 Å². The molecule has 126 valence electrons. The summed E-state index contributed by atoms with van der Waals surface area (Å²) in [7, 11) is 0. The molecule has 0 atom stereocenters. The van der Waals surface area contributed by atoms with Gasteiger partial charge < -0.3 is 9.80 Å². The summed E-state index contributed by atoms with van der Waals surface area (Å²) < 4.78 is 0. The summed E-state index contributed by atoms with van der Waals surface area (Å²) in [6.07, 6.45) is 1.61. The monoisotopic (exact) mass is 342 g/mol. The molecule has 0 aliphatic carbocycles. The van der Waals surface area contributed by atoms with Crippen LogP contribution in [0.2, 0.25) is 0 Å². The molecule has 0 saturated carbocycles. The largest absolute Gasteiger partial charge is 0.338 e. The first-order valence-electron chi connectivity index (χ1n) is 8.35. The van der Waals surface area contributed by atoms with Gasteiger partial charge in [-0.1, -0.05) is 18.2 Å². The average molecular weight is 342 g/mol. The number of hydrogen-bond donors (Lipinski definition) is 0. The predicted octanol–water partition coefficient (Wildman–Crippen LogP) is 3.53. The maximum Gasteiger partial charge on any atom is 0.254 e. The van der Waals surface area contributed by atoms with Crippen LogP contribution in [-0.4, -0.2) is 34.7 Å². The van der Waals surface area contributed by atoms with Crippen molar-refractivity contribution in [1.29, 1.82) is 0 Å². The molecule has 5 heteroatoms. The van der Waals surface area contributed by atoms with Crippen LogP contribution in [0, 0.1) is 0 Å². The Hall–Kier alpha value is -2.14. The summed E-state index contributed by atoms with van der Waals surface area (Å²) in [5.41, 5.74) is 1.77. The second kappa shape index (κ2) is 7.62. The zero-order chi connectivity index (χ0) is 16.9. The SMILES string of the molecule is CCN(Cc1cccs1)C(=O)c1ccc(CN2CCCC2=O)cc1. The van der Waals surface area contributed by atoms with Gasteiger partial charge in [-0.05, 0) is 42.5 Å². The van der Waals surface area contributed by atoms with Crippen LogP contribution in [0.3, 0.4) is 0 Å².